The number of hydrogen-bond acceptors (Lipinski definition) is 3. The van der Waals surface area contributed by atoms with E-state index in [9.17, 15) is 5.11 Å². The van der Waals surface area contributed by atoms with E-state index < -0.39 is 11.4 Å². The van der Waals surface area contributed by atoms with Gasteiger partial charge in [0, 0.05) is 13.3 Å². The van der Waals surface area contributed by atoms with Crippen molar-refractivity contribution in [1.82, 2.24) is 0 Å². The van der Waals surface area contributed by atoms with Crippen LogP contribution in [-0.2, 0) is 9.47 Å². The summed E-state index contributed by atoms with van der Waals surface area (Å²) in [4.78, 5) is 0. The molecule has 1 aliphatic rings. The number of hydrogen-bond donors (Lipinski definition) is 1. The van der Waals surface area contributed by atoms with E-state index in [1.807, 2.05) is 13.8 Å². The Kier molecular flexibility index (Phi) is 7.42. The normalized spacial score (nSPS) is 19.4. The van der Waals surface area contributed by atoms with E-state index in [0.29, 0.717) is 0 Å². The topological polar surface area (TPSA) is 38.7 Å². The zero-order chi connectivity index (χ0) is 14.9. The molecule has 1 atom stereocenters. The summed E-state index contributed by atoms with van der Waals surface area (Å²) in [6.07, 6.45) is 14.2. The fourth-order valence-corrected chi connectivity index (χ4v) is 2.65. The Balaban J connectivity index is 1.94. The lowest BCUT2D eigenvalue weighted by Crippen LogP contribution is -2.24. The van der Waals surface area contributed by atoms with Crippen LogP contribution >= 0.6 is 0 Å². The van der Waals surface area contributed by atoms with Gasteiger partial charge in [-0.1, -0.05) is 45.4 Å². The molecule has 0 spiro atoms. The van der Waals surface area contributed by atoms with Crippen molar-refractivity contribution in [3.05, 3.63) is 12.5 Å². The molecular formula is C17H32O3. The summed E-state index contributed by atoms with van der Waals surface area (Å²) in [5, 5.41) is 10.2. The average Bonchev–Trinajstić information content (AvgIpc) is 2.82. The molecule has 1 N–H and O–H groups in total. The molecule has 0 aliphatic carbocycles. The van der Waals surface area contributed by atoms with E-state index in [-0.39, 0.29) is 0 Å². The monoisotopic (exact) mass is 284 g/mol. The minimum absolute atomic E-state index is 0.427. The molecule has 0 amide bonds. The van der Waals surface area contributed by atoms with Gasteiger partial charge in [0.1, 0.15) is 12.5 Å². The number of unbranched alkanes of at least 4 members (excludes halogenated alkanes) is 5. The third-order valence-electron chi connectivity index (χ3n) is 4.11. The summed E-state index contributed by atoms with van der Waals surface area (Å²) in [5.74, 6) is -0.427. The summed E-state index contributed by atoms with van der Waals surface area (Å²) in [7, 11) is 0. The molecule has 20 heavy (non-hydrogen) atoms. The van der Waals surface area contributed by atoms with Gasteiger partial charge in [-0.25, -0.2) is 0 Å². The van der Waals surface area contributed by atoms with E-state index in [1.54, 1.807) is 12.5 Å². The Bertz CT molecular complexity index is 276. The summed E-state index contributed by atoms with van der Waals surface area (Å²) >= 11 is 0. The van der Waals surface area contributed by atoms with E-state index in [1.165, 1.54) is 19.3 Å². The third-order valence-corrected chi connectivity index (χ3v) is 4.11. The Morgan fingerprint density at radius 1 is 0.950 bits per heavy atom. The highest BCUT2D eigenvalue weighted by molar-refractivity contribution is 4.80. The first-order valence-corrected chi connectivity index (χ1v) is 8.20. The molecule has 0 saturated heterocycles. The molecule has 0 bridgehead atoms. The Labute approximate surface area is 124 Å². The van der Waals surface area contributed by atoms with Gasteiger partial charge in [-0.05, 0) is 26.2 Å². The number of aliphatic hydroxyl groups is 1. The van der Waals surface area contributed by atoms with E-state index in [4.69, 9.17) is 9.47 Å². The number of ether oxygens (including phenoxy) is 2. The SMILES string of the molecule is CCCCC(C)(O)CCCCCCCC1(C)OC=CO1. The highest BCUT2D eigenvalue weighted by atomic mass is 16.7. The molecule has 0 radical (unpaired) electrons. The minimum Gasteiger partial charge on any atom is -0.457 e. The van der Waals surface area contributed by atoms with Gasteiger partial charge in [0.15, 0.2) is 0 Å². The molecule has 1 rings (SSSR count). The third kappa shape index (κ3) is 7.18. The first-order valence-electron chi connectivity index (χ1n) is 8.20. The quantitative estimate of drug-likeness (QED) is 0.549. The largest absolute Gasteiger partial charge is 0.457 e. The second kappa shape index (κ2) is 8.56. The Morgan fingerprint density at radius 2 is 1.50 bits per heavy atom. The second-order valence-electron chi connectivity index (χ2n) is 6.51. The first-order chi connectivity index (χ1) is 9.47. The summed E-state index contributed by atoms with van der Waals surface area (Å²) in [6, 6.07) is 0. The molecule has 0 saturated carbocycles. The summed E-state index contributed by atoms with van der Waals surface area (Å²) in [5.41, 5.74) is -0.458. The minimum atomic E-state index is -0.458. The van der Waals surface area contributed by atoms with Gasteiger partial charge in [0.05, 0.1) is 5.60 Å². The number of rotatable bonds is 11. The lowest BCUT2D eigenvalue weighted by Gasteiger charge is -2.23. The molecule has 0 fully saturated rings. The van der Waals surface area contributed by atoms with Crippen LogP contribution in [0.25, 0.3) is 0 Å². The van der Waals surface area contributed by atoms with Crippen LogP contribution in [0.5, 0.6) is 0 Å². The van der Waals surface area contributed by atoms with Crippen LogP contribution < -0.4 is 0 Å². The van der Waals surface area contributed by atoms with Crippen LogP contribution in [0.15, 0.2) is 12.5 Å². The summed E-state index contributed by atoms with van der Waals surface area (Å²) < 4.78 is 10.8. The zero-order valence-electron chi connectivity index (χ0n) is 13.5. The maximum atomic E-state index is 10.2. The van der Waals surface area contributed by atoms with Crippen molar-refractivity contribution in [3.63, 3.8) is 0 Å². The van der Waals surface area contributed by atoms with E-state index in [2.05, 4.69) is 6.92 Å². The van der Waals surface area contributed by atoms with Gasteiger partial charge in [0.25, 0.3) is 0 Å². The van der Waals surface area contributed by atoms with Crippen molar-refractivity contribution in [2.24, 2.45) is 0 Å². The van der Waals surface area contributed by atoms with Gasteiger partial charge < -0.3 is 14.6 Å². The van der Waals surface area contributed by atoms with Crippen LogP contribution in [0.2, 0.25) is 0 Å². The van der Waals surface area contributed by atoms with Gasteiger partial charge in [-0.15, -0.1) is 0 Å². The molecule has 0 aromatic heterocycles. The Hall–Kier alpha value is -0.700. The lowest BCUT2D eigenvalue weighted by atomic mass is 9.92. The second-order valence-corrected chi connectivity index (χ2v) is 6.51. The van der Waals surface area contributed by atoms with Crippen LogP contribution in [0.1, 0.15) is 85.0 Å². The van der Waals surface area contributed by atoms with Gasteiger partial charge in [-0.3, -0.25) is 0 Å². The molecule has 1 unspecified atom stereocenters. The van der Waals surface area contributed by atoms with Crippen molar-refractivity contribution >= 4 is 0 Å². The highest BCUT2D eigenvalue weighted by Crippen LogP contribution is 2.26. The van der Waals surface area contributed by atoms with Crippen LogP contribution in [0.4, 0.5) is 0 Å². The first kappa shape index (κ1) is 17.4. The fraction of sp³-hybridized carbons (Fsp3) is 0.882. The molecule has 118 valence electrons. The smallest absolute Gasteiger partial charge is 0.247 e. The van der Waals surface area contributed by atoms with Crippen molar-refractivity contribution in [2.75, 3.05) is 0 Å². The predicted molar refractivity (Wildman–Crippen MR) is 82.2 cm³/mol. The van der Waals surface area contributed by atoms with Crippen molar-refractivity contribution in [2.45, 2.75) is 96.4 Å². The molecule has 3 heteroatoms. The molecule has 3 nitrogen and oxygen atoms in total. The van der Waals surface area contributed by atoms with Crippen LogP contribution in [-0.4, -0.2) is 16.5 Å². The maximum absolute atomic E-state index is 10.2. The zero-order valence-corrected chi connectivity index (χ0v) is 13.5. The van der Waals surface area contributed by atoms with Crippen LogP contribution in [0.3, 0.4) is 0 Å². The van der Waals surface area contributed by atoms with Crippen molar-refractivity contribution in [3.8, 4) is 0 Å². The van der Waals surface area contributed by atoms with E-state index >= 15 is 0 Å². The molecular weight excluding hydrogens is 252 g/mol. The molecule has 1 heterocycles. The highest BCUT2D eigenvalue weighted by Gasteiger charge is 2.28. The molecule has 0 aromatic carbocycles. The Morgan fingerprint density at radius 3 is 2.15 bits per heavy atom. The van der Waals surface area contributed by atoms with Crippen molar-refractivity contribution in [1.29, 1.82) is 0 Å². The van der Waals surface area contributed by atoms with Gasteiger partial charge in [-0.2, -0.15) is 0 Å². The summed E-state index contributed by atoms with van der Waals surface area (Å²) in [6.45, 7) is 6.13. The van der Waals surface area contributed by atoms with Gasteiger partial charge >= 0.3 is 0 Å². The lowest BCUT2D eigenvalue weighted by molar-refractivity contribution is -0.131. The average molecular weight is 284 g/mol. The maximum Gasteiger partial charge on any atom is 0.247 e. The fourth-order valence-electron chi connectivity index (χ4n) is 2.65. The standard InChI is InChI=1S/C17H32O3/c1-4-5-11-16(2,18)12-9-7-6-8-10-13-17(3)19-14-15-20-17/h14-15,18H,4-13H2,1-3H3. The van der Waals surface area contributed by atoms with Gasteiger partial charge in [0.2, 0.25) is 5.79 Å². The van der Waals surface area contributed by atoms with E-state index in [0.717, 1.165) is 44.9 Å². The molecule has 0 aromatic rings. The van der Waals surface area contributed by atoms with Crippen LogP contribution in [0, 0.1) is 0 Å². The predicted octanol–water partition coefficient (Wildman–Crippen LogP) is 4.89. The molecule has 1 aliphatic heterocycles. The van der Waals surface area contributed by atoms with Crippen molar-refractivity contribution < 1.29 is 14.6 Å².